The zero-order chi connectivity index (χ0) is 9.14. The van der Waals surface area contributed by atoms with Gasteiger partial charge in [0.15, 0.2) is 0 Å². The molecule has 5 heteroatoms. The number of carbonyl (C=O) groups is 1. The minimum absolute atomic E-state index is 0.0863. The maximum atomic E-state index is 10.3. The molecule has 1 aromatic rings. The molecule has 12 heavy (non-hydrogen) atoms. The Morgan fingerprint density at radius 3 is 3.00 bits per heavy atom. The van der Waals surface area contributed by atoms with Crippen molar-refractivity contribution in [3.8, 4) is 0 Å². The molecule has 0 unspecified atom stereocenters. The number of aliphatic carboxylic acids is 1. The third kappa shape index (κ3) is 2.06. The molecule has 0 radical (unpaired) electrons. The van der Waals surface area contributed by atoms with Gasteiger partial charge in [0.2, 0.25) is 0 Å². The van der Waals surface area contributed by atoms with E-state index in [1.54, 1.807) is 17.1 Å². The summed E-state index contributed by atoms with van der Waals surface area (Å²) in [4.78, 5) is 14.2. The smallest absolute Gasteiger partial charge is 0.305 e. The molecular formula is C7H11N3O2. The number of aromatic nitrogens is 2. The highest BCUT2D eigenvalue weighted by atomic mass is 16.4. The lowest BCUT2D eigenvalue weighted by molar-refractivity contribution is -0.137. The van der Waals surface area contributed by atoms with Crippen molar-refractivity contribution in [2.24, 2.45) is 12.8 Å². The van der Waals surface area contributed by atoms with E-state index in [0.717, 1.165) is 0 Å². The van der Waals surface area contributed by atoms with E-state index in [1.165, 1.54) is 0 Å². The van der Waals surface area contributed by atoms with Gasteiger partial charge in [0.05, 0.1) is 24.5 Å². The molecule has 0 aliphatic carbocycles. The maximum absolute atomic E-state index is 10.3. The summed E-state index contributed by atoms with van der Waals surface area (Å²) in [5.41, 5.74) is 6.16. The third-order valence-electron chi connectivity index (χ3n) is 1.50. The molecule has 0 amide bonds. The number of rotatable bonds is 3. The number of nitrogens with two attached hydrogens (primary N) is 1. The molecule has 1 atom stereocenters. The Hall–Kier alpha value is -1.36. The molecule has 0 bridgehead atoms. The first-order chi connectivity index (χ1) is 5.59. The van der Waals surface area contributed by atoms with Crippen LogP contribution < -0.4 is 5.73 Å². The number of hydrogen-bond donors (Lipinski definition) is 2. The molecule has 0 saturated carbocycles. The lowest BCUT2D eigenvalue weighted by Crippen LogP contribution is -2.15. The van der Waals surface area contributed by atoms with Crippen LogP contribution in [-0.2, 0) is 11.8 Å². The standard InChI is InChI=1S/C7H11N3O2/c1-10-3-6(9-4-10)5(8)2-7(11)12/h3-5H,2,8H2,1H3,(H,11,12)/t5-/m1/s1. The molecule has 0 aliphatic rings. The fourth-order valence-corrected chi connectivity index (χ4v) is 0.917. The van der Waals surface area contributed by atoms with Crippen molar-refractivity contribution < 1.29 is 9.90 Å². The monoisotopic (exact) mass is 169 g/mol. The van der Waals surface area contributed by atoms with Gasteiger partial charge in [-0.1, -0.05) is 0 Å². The van der Waals surface area contributed by atoms with Crippen molar-refractivity contribution in [3.05, 3.63) is 18.2 Å². The molecule has 1 rings (SSSR count). The lowest BCUT2D eigenvalue weighted by atomic mass is 10.2. The van der Waals surface area contributed by atoms with Gasteiger partial charge in [0.25, 0.3) is 0 Å². The van der Waals surface area contributed by atoms with Crippen LogP contribution >= 0.6 is 0 Å². The van der Waals surface area contributed by atoms with Gasteiger partial charge < -0.3 is 15.4 Å². The fourth-order valence-electron chi connectivity index (χ4n) is 0.917. The summed E-state index contributed by atoms with van der Waals surface area (Å²) < 4.78 is 1.73. The lowest BCUT2D eigenvalue weighted by Gasteiger charge is -2.03. The summed E-state index contributed by atoms with van der Waals surface area (Å²) in [6, 6.07) is -0.510. The molecule has 66 valence electrons. The number of imidazole rings is 1. The Kier molecular flexibility index (Phi) is 2.44. The number of nitrogens with zero attached hydrogens (tertiary/aromatic N) is 2. The van der Waals surface area contributed by atoms with Crippen molar-refractivity contribution in [2.75, 3.05) is 0 Å². The van der Waals surface area contributed by atoms with E-state index in [0.29, 0.717) is 5.69 Å². The maximum Gasteiger partial charge on any atom is 0.305 e. The van der Waals surface area contributed by atoms with E-state index < -0.39 is 12.0 Å². The second-order valence-corrected chi connectivity index (χ2v) is 2.67. The van der Waals surface area contributed by atoms with Crippen molar-refractivity contribution in [2.45, 2.75) is 12.5 Å². The normalized spacial score (nSPS) is 12.8. The fraction of sp³-hybridized carbons (Fsp3) is 0.429. The SMILES string of the molecule is Cn1cnc([C@H](N)CC(=O)O)c1. The van der Waals surface area contributed by atoms with Crippen LogP contribution in [0.3, 0.4) is 0 Å². The number of carboxylic acids is 1. The first-order valence-electron chi connectivity index (χ1n) is 3.55. The van der Waals surface area contributed by atoms with Crippen LogP contribution in [0.4, 0.5) is 0 Å². The number of carboxylic acid groups (broad SMARTS) is 1. The van der Waals surface area contributed by atoms with Crippen LogP contribution in [0.5, 0.6) is 0 Å². The van der Waals surface area contributed by atoms with Crippen LogP contribution in [-0.4, -0.2) is 20.6 Å². The summed E-state index contributed by atoms with van der Waals surface area (Å²) in [7, 11) is 1.81. The molecule has 1 heterocycles. The van der Waals surface area contributed by atoms with Gasteiger partial charge in [-0.15, -0.1) is 0 Å². The van der Waals surface area contributed by atoms with Gasteiger partial charge in [-0.2, -0.15) is 0 Å². The van der Waals surface area contributed by atoms with Crippen LogP contribution in [0, 0.1) is 0 Å². The molecule has 0 fully saturated rings. The average molecular weight is 169 g/mol. The highest BCUT2D eigenvalue weighted by molar-refractivity contribution is 5.67. The van der Waals surface area contributed by atoms with E-state index in [1.807, 2.05) is 7.05 Å². The molecule has 5 nitrogen and oxygen atoms in total. The predicted molar refractivity (Wildman–Crippen MR) is 42.4 cm³/mol. The third-order valence-corrected chi connectivity index (χ3v) is 1.50. The van der Waals surface area contributed by atoms with Crippen molar-refractivity contribution >= 4 is 5.97 Å². The van der Waals surface area contributed by atoms with Crippen molar-refractivity contribution in [3.63, 3.8) is 0 Å². The van der Waals surface area contributed by atoms with Gasteiger partial charge in [0.1, 0.15) is 0 Å². The summed E-state index contributed by atoms with van der Waals surface area (Å²) in [6.07, 6.45) is 3.22. The minimum Gasteiger partial charge on any atom is -0.481 e. The highest BCUT2D eigenvalue weighted by Crippen LogP contribution is 2.09. The molecule has 0 spiro atoms. The molecule has 1 aromatic heterocycles. The van der Waals surface area contributed by atoms with Crippen molar-refractivity contribution in [1.82, 2.24) is 9.55 Å². The molecule has 3 N–H and O–H groups in total. The molecular weight excluding hydrogens is 158 g/mol. The molecule has 0 saturated heterocycles. The number of aryl methyl sites for hydroxylation is 1. The summed E-state index contributed by atoms with van der Waals surface area (Å²) in [5.74, 6) is -0.909. The van der Waals surface area contributed by atoms with E-state index in [2.05, 4.69) is 4.98 Å². The van der Waals surface area contributed by atoms with E-state index in [4.69, 9.17) is 10.8 Å². The first-order valence-corrected chi connectivity index (χ1v) is 3.55. The van der Waals surface area contributed by atoms with Crippen LogP contribution in [0.15, 0.2) is 12.5 Å². The Bertz CT molecular complexity index is 282. The van der Waals surface area contributed by atoms with Crippen molar-refractivity contribution in [1.29, 1.82) is 0 Å². The molecule has 0 aliphatic heterocycles. The minimum atomic E-state index is -0.909. The zero-order valence-electron chi connectivity index (χ0n) is 6.77. The highest BCUT2D eigenvalue weighted by Gasteiger charge is 2.12. The topological polar surface area (TPSA) is 81.1 Å². The van der Waals surface area contributed by atoms with Crippen LogP contribution in [0.2, 0.25) is 0 Å². The summed E-state index contributed by atoms with van der Waals surface area (Å²) in [5, 5.41) is 8.44. The molecule has 0 aromatic carbocycles. The zero-order valence-corrected chi connectivity index (χ0v) is 6.77. The van der Waals surface area contributed by atoms with Gasteiger partial charge in [-0.25, -0.2) is 4.98 Å². The quantitative estimate of drug-likeness (QED) is 0.661. The Labute approximate surface area is 69.8 Å². The van der Waals surface area contributed by atoms with Gasteiger partial charge in [0, 0.05) is 13.2 Å². The first kappa shape index (κ1) is 8.73. The Balaban J connectivity index is 2.64. The average Bonchev–Trinajstić information content (AvgIpc) is 2.34. The van der Waals surface area contributed by atoms with E-state index in [9.17, 15) is 4.79 Å². The largest absolute Gasteiger partial charge is 0.481 e. The van der Waals surface area contributed by atoms with E-state index >= 15 is 0 Å². The Morgan fingerprint density at radius 2 is 2.58 bits per heavy atom. The predicted octanol–water partition coefficient (Wildman–Crippen LogP) is -0.105. The summed E-state index contributed by atoms with van der Waals surface area (Å²) in [6.45, 7) is 0. The summed E-state index contributed by atoms with van der Waals surface area (Å²) >= 11 is 0. The van der Waals surface area contributed by atoms with Gasteiger partial charge >= 0.3 is 5.97 Å². The number of hydrogen-bond acceptors (Lipinski definition) is 3. The van der Waals surface area contributed by atoms with Crippen LogP contribution in [0.25, 0.3) is 0 Å². The van der Waals surface area contributed by atoms with Gasteiger partial charge in [-0.05, 0) is 0 Å². The van der Waals surface area contributed by atoms with Gasteiger partial charge in [-0.3, -0.25) is 4.79 Å². The Morgan fingerprint density at radius 1 is 1.92 bits per heavy atom. The second-order valence-electron chi connectivity index (χ2n) is 2.67. The second kappa shape index (κ2) is 3.36. The van der Waals surface area contributed by atoms with E-state index in [-0.39, 0.29) is 6.42 Å². The van der Waals surface area contributed by atoms with Crippen LogP contribution in [0.1, 0.15) is 18.2 Å².